The lowest BCUT2D eigenvalue weighted by atomic mass is 10.0. The molecule has 0 unspecified atom stereocenters. The number of aromatic carboxylic acids is 1. The van der Waals surface area contributed by atoms with Crippen molar-refractivity contribution in [1.82, 2.24) is 4.57 Å². The molecule has 4 rings (SSSR count). The monoisotopic (exact) mass is 485 g/mol. The number of aromatic nitrogens is 1. The van der Waals surface area contributed by atoms with E-state index in [1.54, 1.807) is 30.3 Å². The van der Waals surface area contributed by atoms with Gasteiger partial charge in [0.1, 0.15) is 5.56 Å². The maximum atomic E-state index is 14.5. The predicted octanol–water partition coefficient (Wildman–Crippen LogP) is 3.99. The number of fused-ring (bicyclic) bond motifs is 1. The number of halogens is 4. The summed E-state index contributed by atoms with van der Waals surface area (Å²) in [5, 5.41) is 9.33. The molecule has 0 bridgehead atoms. The fraction of sp³-hybridized carbons (Fsp3) is 0.238. The summed E-state index contributed by atoms with van der Waals surface area (Å²) in [6, 6.07) is 9.44. The van der Waals surface area contributed by atoms with Crippen molar-refractivity contribution >= 4 is 27.0 Å². The van der Waals surface area contributed by atoms with E-state index in [0.29, 0.717) is 30.5 Å². The van der Waals surface area contributed by atoms with Crippen molar-refractivity contribution in [1.29, 1.82) is 0 Å². The van der Waals surface area contributed by atoms with Crippen molar-refractivity contribution in [2.75, 3.05) is 0 Å². The number of alkyl halides is 3. The first-order chi connectivity index (χ1) is 15.4. The van der Waals surface area contributed by atoms with E-state index in [-0.39, 0.29) is 23.7 Å². The van der Waals surface area contributed by atoms with Crippen LogP contribution in [0.3, 0.4) is 0 Å². The number of hydrogen-bond acceptors (Lipinski definition) is 5. The third-order valence-corrected chi connectivity index (χ3v) is 6.15. The number of carboxylic acid groups (broad SMARTS) is 1. The maximum Gasteiger partial charge on any atom is 0.534 e. The van der Waals surface area contributed by atoms with Gasteiger partial charge in [-0.1, -0.05) is 30.3 Å². The zero-order valence-electron chi connectivity index (χ0n) is 16.6. The molecule has 0 aliphatic heterocycles. The Balaban J connectivity index is 2.01. The average Bonchev–Trinajstić information content (AvgIpc) is 3.54. The van der Waals surface area contributed by atoms with Crippen LogP contribution in [0.1, 0.15) is 40.5 Å². The van der Waals surface area contributed by atoms with E-state index in [0.717, 1.165) is 0 Å². The number of carboxylic acids is 1. The van der Waals surface area contributed by atoms with Crippen LogP contribution in [0.15, 0.2) is 47.3 Å². The Hall–Kier alpha value is -3.41. The van der Waals surface area contributed by atoms with Gasteiger partial charge in [0, 0.05) is 29.6 Å². The lowest BCUT2D eigenvalue weighted by Crippen LogP contribution is -2.28. The average molecular weight is 485 g/mol. The quantitative estimate of drug-likeness (QED) is 0.322. The second kappa shape index (κ2) is 7.87. The molecule has 0 saturated heterocycles. The molecule has 0 spiro atoms. The van der Waals surface area contributed by atoms with Gasteiger partial charge >= 0.3 is 21.6 Å². The van der Waals surface area contributed by atoms with Gasteiger partial charge in [-0.2, -0.15) is 21.6 Å². The molecule has 12 heteroatoms. The highest BCUT2D eigenvalue weighted by atomic mass is 32.2. The molecule has 1 aromatic heterocycles. The lowest BCUT2D eigenvalue weighted by molar-refractivity contribution is -0.0500. The van der Waals surface area contributed by atoms with Crippen LogP contribution in [0.5, 0.6) is 5.75 Å². The van der Waals surface area contributed by atoms with E-state index >= 15 is 0 Å². The summed E-state index contributed by atoms with van der Waals surface area (Å²) in [7, 11) is -6.17. The number of rotatable bonds is 6. The molecule has 1 aliphatic rings. The summed E-state index contributed by atoms with van der Waals surface area (Å²) in [5.74, 6) is -4.34. The zero-order valence-corrected chi connectivity index (χ0v) is 17.4. The van der Waals surface area contributed by atoms with Crippen LogP contribution in [0, 0.1) is 5.82 Å². The fourth-order valence-electron chi connectivity index (χ4n) is 3.62. The van der Waals surface area contributed by atoms with Crippen LogP contribution < -0.4 is 9.61 Å². The van der Waals surface area contributed by atoms with Gasteiger partial charge in [0.25, 0.3) is 0 Å². The van der Waals surface area contributed by atoms with Crippen molar-refractivity contribution in [3.8, 4) is 5.75 Å². The number of benzene rings is 2. The molecule has 3 aromatic rings. The standard InChI is InChI=1S/C21H15F4NO6S/c22-14-9-13-15(10-17(14)32-33(30,31)21(23,24)25)26(12-6-7-12)16(18(19(13)27)20(28)29)8-11-4-2-1-3-5-11/h1-5,9-10,12H,6-8H2,(H,28,29). The van der Waals surface area contributed by atoms with Crippen LogP contribution >= 0.6 is 0 Å². The zero-order chi connectivity index (χ0) is 24.1. The fourth-order valence-corrected chi connectivity index (χ4v) is 4.08. The van der Waals surface area contributed by atoms with Crippen LogP contribution in [0.2, 0.25) is 0 Å². The summed E-state index contributed by atoms with van der Waals surface area (Å²) in [4.78, 5) is 25.0. The van der Waals surface area contributed by atoms with Gasteiger partial charge in [0.2, 0.25) is 5.43 Å². The molecule has 0 atom stereocenters. The SMILES string of the molecule is O=C(O)c1c(Cc2ccccc2)n(C2CC2)c2cc(OS(=O)(=O)C(F)(F)F)c(F)cc2c1=O. The van der Waals surface area contributed by atoms with Gasteiger partial charge in [-0.25, -0.2) is 9.18 Å². The minimum Gasteiger partial charge on any atom is -0.477 e. The highest BCUT2D eigenvalue weighted by Crippen LogP contribution is 2.40. The Morgan fingerprint density at radius 1 is 1.15 bits per heavy atom. The van der Waals surface area contributed by atoms with Crippen LogP contribution in [0.25, 0.3) is 10.9 Å². The Labute approximate surface area is 184 Å². The summed E-state index contributed by atoms with van der Waals surface area (Å²) < 4.78 is 80.9. The maximum absolute atomic E-state index is 14.5. The molecule has 0 amide bonds. The normalized spacial score (nSPS) is 14.4. The number of nitrogens with zero attached hydrogens (tertiary/aromatic N) is 1. The minimum absolute atomic E-state index is 0.00142. The molecule has 1 N–H and O–H groups in total. The van der Waals surface area contributed by atoms with Crippen LogP contribution in [0.4, 0.5) is 17.6 Å². The van der Waals surface area contributed by atoms with E-state index in [1.807, 2.05) is 0 Å². The second-order valence-corrected chi connectivity index (χ2v) is 9.04. The first kappa shape index (κ1) is 22.8. The molecule has 7 nitrogen and oxygen atoms in total. The Morgan fingerprint density at radius 2 is 1.79 bits per heavy atom. The smallest absolute Gasteiger partial charge is 0.477 e. The summed E-state index contributed by atoms with van der Waals surface area (Å²) in [6.07, 6.45) is 1.15. The second-order valence-electron chi connectivity index (χ2n) is 7.50. The topological polar surface area (TPSA) is 103 Å². The molecular formula is C21H15F4NO6S. The van der Waals surface area contributed by atoms with E-state index in [4.69, 9.17) is 0 Å². The third kappa shape index (κ3) is 4.17. The molecule has 1 saturated carbocycles. The van der Waals surface area contributed by atoms with Crippen molar-refractivity contribution < 1.29 is 40.1 Å². The van der Waals surface area contributed by atoms with Gasteiger partial charge in [-0.05, 0) is 24.5 Å². The predicted molar refractivity (Wildman–Crippen MR) is 108 cm³/mol. The van der Waals surface area contributed by atoms with E-state index in [1.165, 1.54) is 4.57 Å². The molecule has 33 heavy (non-hydrogen) atoms. The Bertz CT molecular complexity index is 1430. The Morgan fingerprint density at radius 3 is 2.33 bits per heavy atom. The molecule has 1 heterocycles. The number of pyridine rings is 1. The van der Waals surface area contributed by atoms with Gasteiger partial charge in [0.15, 0.2) is 11.6 Å². The van der Waals surface area contributed by atoms with Crippen molar-refractivity contribution in [3.63, 3.8) is 0 Å². The summed E-state index contributed by atoms with van der Waals surface area (Å²) in [5.41, 5.74) is -6.81. The van der Waals surface area contributed by atoms with Gasteiger partial charge in [-0.3, -0.25) is 4.79 Å². The van der Waals surface area contributed by atoms with E-state index < -0.39 is 49.5 Å². The molecule has 1 aliphatic carbocycles. The third-order valence-electron chi connectivity index (χ3n) is 5.18. The van der Waals surface area contributed by atoms with Crippen LogP contribution in [-0.2, 0) is 16.5 Å². The molecule has 1 fully saturated rings. The molecular weight excluding hydrogens is 470 g/mol. The van der Waals surface area contributed by atoms with Gasteiger partial charge in [-0.15, -0.1) is 0 Å². The van der Waals surface area contributed by atoms with Gasteiger partial charge < -0.3 is 13.9 Å². The van der Waals surface area contributed by atoms with Crippen molar-refractivity contribution in [2.45, 2.75) is 30.8 Å². The van der Waals surface area contributed by atoms with E-state index in [2.05, 4.69) is 4.18 Å². The van der Waals surface area contributed by atoms with Crippen molar-refractivity contribution in [2.24, 2.45) is 0 Å². The lowest BCUT2D eigenvalue weighted by Gasteiger charge is -2.20. The highest BCUT2D eigenvalue weighted by molar-refractivity contribution is 7.88. The van der Waals surface area contributed by atoms with Crippen LogP contribution in [-0.4, -0.2) is 29.6 Å². The highest BCUT2D eigenvalue weighted by Gasteiger charge is 2.49. The summed E-state index contributed by atoms with van der Waals surface area (Å²) >= 11 is 0. The molecule has 174 valence electrons. The number of hydrogen-bond donors (Lipinski definition) is 1. The van der Waals surface area contributed by atoms with E-state index in [9.17, 15) is 40.7 Å². The number of carbonyl (C=O) groups is 1. The summed E-state index contributed by atoms with van der Waals surface area (Å²) in [6.45, 7) is 0. The Kier molecular flexibility index (Phi) is 5.43. The molecule has 0 radical (unpaired) electrons. The molecule has 2 aromatic carbocycles. The van der Waals surface area contributed by atoms with Gasteiger partial charge in [0.05, 0.1) is 5.52 Å². The first-order valence-corrected chi connectivity index (χ1v) is 11.0. The minimum atomic E-state index is -6.17. The first-order valence-electron chi connectivity index (χ1n) is 9.59. The van der Waals surface area contributed by atoms with Crippen molar-refractivity contribution in [3.05, 3.63) is 75.3 Å². The largest absolute Gasteiger partial charge is 0.534 e.